The van der Waals surface area contributed by atoms with Gasteiger partial charge >= 0.3 is 6.61 Å². The SMILES string of the molecule is CC1(C)CC(C(O)c2ccccc2OC(F)F)C(C)(C)O1. The maximum absolute atomic E-state index is 12.5. The molecule has 21 heavy (non-hydrogen) atoms. The molecular weight excluding hydrogens is 278 g/mol. The van der Waals surface area contributed by atoms with E-state index in [2.05, 4.69) is 4.74 Å². The van der Waals surface area contributed by atoms with Crippen molar-refractivity contribution in [2.45, 2.75) is 58.0 Å². The third-order valence-electron chi connectivity index (χ3n) is 3.98. The lowest BCUT2D eigenvalue weighted by molar-refractivity contribution is -0.0889. The van der Waals surface area contributed by atoms with Crippen LogP contribution in [0.2, 0.25) is 0 Å². The molecule has 0 aromatic heterocycles. The number of hydrogen-bond acceptors (Lipinski definition) is 3. The van der Waals surface area contributed by atoms with Crippen LogP contribution in [0.1, 0.15) is 45.8 Å². The van der Waals surface area contributed by atoms with Gasteiger partial charge in [0.05, 0.1) is 17.3 Å². The Morgan fingerprint density at radius 2 is 1.86 bits per heavy atom. The van der Waals surface area contributed by atoms with E-state index in [4.69, 9.17) is 4.74 Å². The van der Waals surface area contributed by atoms with E-state index in [0.29, 0.717) is 12.0 Å². The fourth-order valence-electron chi connectivity index (χ4n) is 3.24. The number of halogens is 2. The summed E-state index contributed by atoms with van der Waals surface area (Å²) in [5.41, 5.74) is -0.522. The summed E-state index contributed by atoms with van der Waals surface area (Å²) in [7, 11) is 0. The highest BCUT2D eigenvalue weighted by molar-refractivity contribution is 5.36. The van der Waals surface area contributed by atoms with Crippen LogP contribution in [0.5, 0.6) is 5.75 Å². The highest BCUT2D eigenvalue weighted by atomic mass is 19.3. The summed E-state index contributed by atoms with van der Waals surface area (Å²) in [6.45, 7) is 4.83. The molecule has 1 aliphatic rings. The summed E-state index contributed by atoms with van der Waals surface area (Å²) in [4.78, 5) is 0. The number of benzene rings is 1. The number of para-hydroxylation sites is 1. The average Bonchev–Trinajstić information content (AvgIpc) is 2.56. The Morgan fingerprint density at radius 1 is 1.24 bits per heavy atom. The van der Waals surface area contributed by atoms with Gasteiger partial charge in [-0.3, -0.25) is 0 Å². The number of alkyl halides is 2. The van der Waals surface area contributed by atoms with Crippen LogP contribution in [0.4, 0.5) is 8.78 Å². The van der Waals surface area contributed by atoms with E-state index in [0.717, 1.165) is 0 Å². The van der Waals surface area contributed by atoms with Gasteiger partial charge in [-0.1, -0.05) is 18.2 Å². The van der Waals surface area contributed by atoms with Crippen molar-refractivity contribution in [1.29, 1.82) is 0 Å². The first-order valence-electron chi connectivity index (χ1n) is 7.04. The minimum atomic E-state index is -2.91. The number of aliphatic hydroxyl groups excluding tert-OH is 1. The third kappa shape index (κ3) is 3.52. The van der Waals surface area contributed by atoms with E-state index in [1.54, 1.807) is 18.2 Å². The summed E-state index contributed by atoms with van der Waals surface area (Å²) < 4.78 is 35.5. The Morgan fingerprint density at radius 3 is 2.38 bits per heavy atom. The van der Waals surface area contributed by atoms with Crippen molar-refractivity contribution in [3.63, 3.8) is 0 Å². The molecule has 118 valence electrons. The Balaban J connectivity index is 2.30. The quantitative estimate of drug-likeness (QED) is 0.916. The molecule has 0 amide bonds. The van der Waals surface area contributed by atoms with E-state index < -0.39 is 18.3 Å². The van der Waals surface area contributed by atoms with Gasteiger partial charge in [-0.15, -0.1) is 0 Å². The topological polar surface area (TPSA) is 38.7 Å². The van der Waals surface area contributed by atoms with Crippen LogP contribution >= 0.6 is 0 Å². The van der Waals surface area contributed by atoms with Crippen LogP contribution in [0.25, 0.3) is 0 Å². The van der Waals surface area contributed by atoms with Crippen molar-refractivity contribution in [3.05, 3.63) is 29.8 Å². The smallest absolute Gasteiger partial charge is 0.387 e. The Hall–Kier alpha value is -1.20. The molecule has 0 saturated carbocycles. The van der Waals surface area contributed by atoms with Crippen LogP contribution in [0, 0.1) is 5.92 Å². The molecule has 0 aliphatic carbocycles. The second-order valence-corrected chi connectivity index (χ2v) is 6.64. The lowest BCUT2D eigenvalue weighted by atomic mass is 9.80. The largest absolute Gasteiger partial charge is 0.434 e. The molecule has 1 N–H and O–H groups in total. The van der Waals surface area contributed by atoms with E-state index in [9.17, 15) is 13.9 Å². The van der Waals surface area contributed by atoms with Gasteiger partial charge < -0.3 is 14.6 Å². The molecule has 0 spiro atoms. The van der Waals surface area contributed by atoms with Gasteiger partial charge in [-0.2, -0.15) is 8.78 Å². The summed E-state index contributed by atoms with van der Waals surface area (Å²) in [6, 6.07) is 6.36. The first-order valence-corrected chi connectivity index (χ1v) is 7.04. The van der Waals surface area contributed by atoms with Gasteiger partial charge in [-0.25, -0.2) is 0 Å². The van der Waals surface area contributed by atoms with Gasteiger partial charge in [0, 0.05) is 11.5 Å². The zero-order valence-electron chi connectivity index (χ0n) is 12.8. The Kier molecular flexibility index (Phi) is 4.26. The molecule has 2 atom stereocenters. The van der Waals surface area contributed by atoms with Crippen molar-refractivity contribution in [3.8, 4) is 5.75 Å². The standard InChI is InChI=1S/C16H22F2O3/c1-15(2)9-11(16(3,4)21-15)13(19)10-7-5-6-8-12(10)20-14(17)18/h5-8,11,13-14,19H,9H2,1-4H3. The normalized spacial score (nSPS) is 25.0. The van der Waals surface area contributed by atoms with E-state index in [1.165, 1.54) is 6.07 Å². The van der Waals surface area contributed by atoms with Crippen molar-refractivity contribution in [2.24, 2.45) is 5.92 Å². The van der Waals surface area contributed by atoms with Crippen molar-refractivity contribution < 1.29 is 23.4 Å². The van der Waals surface area contributed by atoms with E-state index in [-0.39, 0.29) is 17.3 Å². The fourth-order valence-corrected chi connectivity index (χ4v) is 3.24. The lowest BCUT2D eigenvalue weighted by Gasteiger charge is -2.31. The summed E-state index contributed by atoms with van der Waals surface area (Å²) >= 11 is 0. The highest BCUT2D eigenvalue weighted by Gasteiger charge is 2.49. The number of ether oxygens (including phenoxy) is 2. The van der Waals surface area contributed by atoms with Crippen molar-refractivity contribution in [2.75, 3.05) is 0 Å². The fraction of sp³-hybridized carbons (Fsp3) is 0.625. The maximum atomic E-state index is 12.5. The predicted octanol–water partition coefficient (Wildman–Crippen LogP) is 3.92. The number of rotatable bonds is 4. The monoisotopic (exact) mass is 300 g/mol. The lowest BCUT2D eigenvalue weighted by Crippen LogP contribution is -2.32. The first-order chi connectivity index (χ1) is 9.62. The Bertz CT molecular complexity index is 500. The molecule has 1 heterocycles. The Labute approximate surface area is 123 Å². The maximum Gasteiger partial charge on any atom is 0.387 e. The molecule has 2 unspecified atom stereocenters. The minimum absolute atomic E-state index is 0.0144. The number of aliphatic hydroxyl groups is 1. The molecule has 2 rings (SSSR count). The summed E-state index contributed by atoms with van der Waals surface area (Å²) in [5, 5.41) is 10.7. The minimum Gasteiger partial charge on any atom is -0.434 e. The third-order valence-corrected chi connectivity index (χ3v) is 3.98. The predicted molar refractivity (Wildman–Crippen MR) is 75.4 cm³/mol. The van der Waals surface area contributed by atoms with Gasteiger partial charge in [0.15, 0.2) is 0 Å². The van der Waals surface area contributed by atoms with Crippen molar-refractivity contribution in [1.82, 2.24) is 0 Å². The van der Waals surface area contributed by atoms with Crippen LogP contribution in [0.3, 0.4) is 0 Å². The molecule has 0 radical (unpaired) electrons. The second-order valence-electron chi connectivity index (χ2n) is 6.64. The molecule has 0 bridgehead atoms. The van der Waals surface area contributed by atoms with Gasteiger partial charge in [0.25, 0.3) is 0 Å². The second kappa shape index (κ2) is 5.54. The average molecular weight is 300 g/mol. The highest BCUT2D eigenvalue weighted by Crippen LogP contribution is 2.48. The van der Waals surface area contributed by atoms with Crippen molar-refractivity contribution >= 4 is 0 Å². The van der Waals surface area contributed by atoms with Crippen LogP contribution < -0.4 is 4.74 Å². The van der Waals surface area contributed by atoms with E-state index in [1.807, 2.05) is 27.7 Å². The van der Waals surface area contributed by atoms with Gasteiger partial charge in [0.1, 0.15) is 5.75 Å². The molecular formula is C16H22F2O3. The molecule has 5 heteroatoms. The van der Waals surface area contributed by atoms with E-state index >= 15 is 0 Å². The van der Waals surface area contributed by atoms with Crippen LogP contribution in [-0.2, 0) is 4.74 Å². The van der Waals surface area contributed by atoms with Gasteiger partial charge in [-0.05, 0) is 40.2 Å². The number of hydrogen-bond donors (Lipinski definition) is 1. The molecule has 1 aromatic carbocycles. The molecule has 1 aliphatic heterocycles. The first kappa shape index (κ1) is 16.2. The van der Waals surface area contributed by atoms with Crippen LogP contribution in [0.15, 0.2) is 24.3 Å². The zero-order valence-corrected chi connectivity index (χ0v) is 12.8. The summed E-state index contributed by atoms with van der Waals surface area (Å²) in [6.07, 6.45) is -0.277. The molecule has 1 fully saturated rings. The summed E-state index contributed by atoms with van der Waals surface area (Å²) in [5.74, 6) is -0.185. The van der Waals surface area contributed by atoms with Gasteiger partial charge in [0.2, 0.25) is 0 Å². The van der Waals surface area contributed by atoms with Crippen LogP contribution in [-0.4, -0.2) is 22.9 Å². The molecule has 3 nitrogen and oxygen atoms in total. The molecule has 1 aromatic rings. The molecule has 1 saturated heterocycles. The zero-order chi connectivity index (χ0) is 15.8.